The summed E-state index contributed by atoms with van der Waals surface area (Å²) < 4.78 is 70.5. The molecule has 33 nitrogen and oxygen atoms in total. The second-order valence-electron chi connectivity index (χ2n) is 25.2. The molecule has 4 saturated carbocycles. The van der Waals surface area contributed by atoms with Crippen LogP contribution in [0.2, 0.25) is 0 Å². The van der Waals surface area contributed by atoms with Crippen LogP contribution >= 0.6 is 0 Å². The van der Waals surface area contributed by atoms with Crippen molar-refractivity contribution in [3.63, 3.8) is 0 Å². The molecular weight excluding hydrogens is 1200 g/mol. The smallest absolute Gasteiger partial charge is 0.317 e. The Labute approximate surface area is 509 Å². The summed E-state index contributed by atoms with van der Waals surface area (Å²) in [6.07, 6.45) is -41.4. The van der Waals surface area contributed by atoms with E-state index in [1.54, 1.807) is 0 Å². The number of ether oxygens (including phenoxy) is 12. The second kappa shape index (κ2) is 31.0. The van der Waals surface area contributed by atoms with Gasteiger partial charge in [0.15, 0.2) is 25.2 Å². The average Bonchev–Trinajstić information content (AvgIpc) is 0.940. The summed E-state index contributed by atoms with van der Waals surface area (Å²) in [4.78, 5) is 49.5. The predicted molar refractivity (Wildman–Crippen MR) is 284 cm³/mol. The molecule has 0 spiro atoms. The number of hydrogen-bond acceptors (Lipinski definition) is 32. The molecule has 0 aromatic heterocycles. The van der Waals surface area contributed by atoms with Crippen molar-refractivity contribution in [2.75, 3.05) is 26.4 Å². The Balaban J connectivity index is 0.852. The summed E-state index contributed by atoms with van der Waals surface area (Å²) in [5.74, 6) is -6.66. The lowest BCUT2D eigenvalue weighted by molar-refractivity contribution is -0.341. The highest BCUT2D eigenvalue weighted by Gasteiger charge is 2.56. The first-order valence-corrected chi connectivity index (χ1v) is 30.7. The number of carbonyl (C=O) groups excluding carboxylic acids is 3. The van der Waals surface area contributed by atoms with Crippen LogP contribution in [-0.4, -0.2) is 315 Å². The number of carbonyl (C=O) groups is 4. The van der Waals surface area contributed by atoms with Crippen molar-refractivity contribution in [3.8, 4) is 0 Å². The first kappa shape index (κ1) is 70.2. The predicted octanol–water partition coefficient (Wildman–Crippen LogP) is -7.32. The van der Waals surface area contributed by atoms with Gasteiger partial charge in [0.2, 0.25) is 0 Å². The Morgan fingerprint density at radius 3 is 1.33 bits per heavy atom. The minimum atomic E-state index is -1.97. The van der Waals surface area contributed by atoms with E-state index < -0.39 is 258 Å². The van der Waals surface area contributed by atoms with E-state index in [0.717, 1.165) is 0 Å². The summed E-state index contributed by atoms with van der Waals surface area (Å²) in [5, 5.41) is 182. The standard InChI is InChI=1S/C56H88O33/c57-16-32-38(64)42(68)46(72)53(86-32)81-24-8-3-21(4-9-24)52(77)80-18-34-40(66)43(69)47(73)54(87-34)82-25-12-28(60)26-14-31(85-56-49(75)44(70)39(65)33(88-56)17-78-37(63)15-36(61)62)50(83-29(26)13-25)22-5-10-27(59)30(11-22)84-55-48(74)45(71)41(67)35(89-55)19-79-51(76)20-1-6-23(58)7-2-20/h20-35,38-50,53-60,64-75H,1-19H2,(H,61,62)/t20?,21?,22?,23?,24?,25?,26?,27?,28?,29?,30?,31?,32-,33-,34-,35-,38-,39-,40-,41-,42+,43+,44+,45+,46-,47-,48-,49-,50?,53-,54-,55-,56-/m1/s1. The summed E-state index contributed by atoms with van der Waals surface area (Å²) in [6, 6.07) is 0. The molecule has 0 aromatic rings. The number of esters is 3. The normalized spacial score (nSPS) is 48.1. The molecule has 29 atom stereocenters. The van der Waals surface area contributed by atoms with Crippen LogP contribution in [0.1, 0.15) is 96.3 Å². The van der Waals surface area contributed by atoms with Gasteiger partial charge < -0.3 is 144 Å². The molecule has 17 N–H and O–H groups in total. The van der Waals surface area contributed by atoms with E-state index in [0.29, 0.717) is 25.7 Å². The third kappa shape index (κ3) is 16.7. The molecule has 9 unspecified atom stereocenters. The largest absolute Gasteiger partial charge is 0.481 e. The Morgan fingerprint density at radius 1 is 0.393 bits per heavy atom. The molecule has 0 aromatic carbocycles. The van der Waals surface area contributed by atoms with Crippen molar-refractivity contribution in [1.29, 1.82) is 0 Å². The molecule has 0 bridgehead atoms. The van der Waals surface area contributed by atoms with Gasteiger partial charge in [0.1, 0.15) is 124 Å². The molecular formula is C56H88O33. The number of fused-ring (bicyclic) bond motifs is 1. The molecule has 5 aliphatic heterocycles. The van der Waals surface area contributed by atoms with Gasteiger partial charge in [-0.1, -0.05) is 0 Å². The van der Waals surface area contributed by atoms with Crippen molar-refractivity contribution in [1.82, 2.24) is 0 Å². The Morgan fingerprint density at radius 2 is 0.831 bits per heavy atom. The van der Waals surface area contributed by atoms with Crippen LogP contribution in [0.3, 0.4) is 0 Å². The minimum absolute atomic E-state index is 0.0128. The van der Waals surface area contributed by atoms with E-state index in [9.17, 15) is 101 Å². The number of aliphatic hydroxyl groups is 16. The first-order valence-electron chi connectivity index (χ1n) is 30.7. The molecule has 9 fully saturated rings. The fourth-order valence-corrected chi connectivity index (χ4v) is 13.7. The van der Waals surface area contributed by atoms with Crippen molar-refractivity contribution >= 4 is 23.9 Å². The van der Waals surface area contributed by atoms with Crippen LogP contribution in [0.4, 0.5) is 0 Å². The average molecular weight is 1290 g/mol. The van der Waals surface area contributed by atoms with Gasteiger partial charge in [-0.3, -0.25) is 19.2 Å². The van der Waals surface area contributed by atoms with Crippen LogP contribution in [0.25, 0.3) is 0 Å². The van der Waals surface area contributed by atoms with Gasteiger partial charge in [0, 0.05) is 18.8 Å². The molecule has 510 valence electrons. The van der Waals surface area contributed by atoms with Gasteiger partial charge in [-0.05, 0) is 83.0 Å². The summed E-state index contributed by atoms with van der Waals surface area (Å²) >= 11 is 0. The molecule has 33 heteroatoms. The maximum absolute atomic E-state index is 13.4. The molecule has 0 radical (unpaired) electrons. The number of rotatable bonds is 20. The van der Waals surface area contributed by atoms with Gasteiger partial charge in [-0.15, -0.1) is 0 Å². The highest BCUT2D eigenvalue weighted by atomic mass is 16.7. The summed E-state index contributed by atoms with van der Waals surface area (Å²) in [5.41, 5.74) is 0. The highest BCUT2D eigenvalue weighted by Crippen LogP contribution is 2.46. The van der Waals surface area contributed by atoms with E-state index in [4.69, 9.17) is 61.9 Å². The molecule has 9 rings (SSSR count). The van der Waals surface area contributed by atoms with E-state index in [-0.39, 0.29) is 64.2 Å². The van der Waals surface area contributed by atoms with Gasteiger partial charge in [-0.25, -0.2) is 0 Å². The zero-order valence-corrected chi connectivity index (χ0v) is 48.6. The van der Waals surface area contributed by atoms with Gasteiger partial charge in [-0.2, -0.15) is 0 Å². The van der Waals surface area contributed by atoms with Gasteiger partial charge in [0.25, 0.3) is 0 Å². The fourth-order valence-electron chi connectivity index (χ4n) is 13.7. The molecule has 4 aliphatic carbocycles. The lowest BCUT2D eigenvalue weighted by Gasteiger charge is -2.52. The van der Waals surface area contributed by atoms with Crippen molar-refractivity contribution in [2.24, 2.45) is 23.7 Å². The van der Waals surface area contributed by atoms with Crippen LogP contribution in [-0.2, 0) is 76.0 Å². The van der Waals surface area contributed by atoms with E-state index in [1.807, 2.05) is 0 Å². The number of aliphatic carboxylic acids is 1. The topological polar surface area (TPSA) is 523 Å². The van der Waals surface area contributed by atoms with Crippen LogP contribution in [0.15, 0.2) is 0 Å². The minimum Gasteiger partial charge on any atom is -0.481 e. The molecule has 89 heavy (non-hydrogen) atoms. The first-order chi connectivity index (χ1) is 42.3. The fraction of sp³-hybridized carbons (Fsp3) is 0.929. The number of aliphatic hydroxyl groups excluding tert-OH is 16. The van der Waals surface area contributed by atoms with Crippen LogP contribution < -0.4 is 0 Å². The second-order valence-corrected chi connectivity index (χ2v) is 25.2. The molecule has 9 aliphatic rings. The molecule has 5 saturated heterocycles. The van der Waals surface area contributed by atoms with Crippen LogP contribution in [0.5, 0.6) is 0 Å². The van der Waals surface area contributed by atoms with Crippen molar-refractivity contribution < 1.29 is 163 Å². The summed E-state index contributed by atoms with van der Waals surface area (Å²) in [6.45, 7) is -2.57. The third-order valence-electron chi connectivity index (χ3n) is 19.1. The number of carboxylic acids is 1. The zero-order valence-electron chi connectivity index (χ0n) is 48.6. The maximum Gasteiger partial charge on any atom is 0.317 e. The lowest BCUT2D eigenvalue weighted by atomic mass is 9.72. The summed E-state index contributed by atoms with van der Waals surface area (Å²) in [7, 11) is 0. The zero-order chi connectivity index (χ0) is 64.3. The van der Waals surface area contributed by atoms with Crippen molar-refractivity contribution in [3.05, 3.63) is 0 Å². The van der Waals surface area contributed by atoms with Gasteiger partial charge >= 0.3 is 23.9 Å². The number of carboxylic acid groups (broad SMARTS) is 1. The monoisotopic (exact) mass is 1290 g/mol. The Hall–Kier alpha value is -3.12. The SMILES string of the molecule is O=C(O)CC(=O)OC[C@H]1O[C@@H](OC2CC3C(O)CC(O[C@@H]4O[C@H](COC(=O)C5CCC(O[C@@H]6O[C@H](CO)[C@@H](O)[C@H](O)[C@H]6O)CC5)[C@@H](O)[C@H](O)[C@H]4O)CC3OC2C2CCC(O)C(O[C@@H]3O[C@H](COC(=O)C4CCC(O)CC4)[C@@H](O)[C@H](O)[C@H]3O)C2)[C@H](O)[C@@H](O)[C@@H]1O. The Kier molecular flexibility index (Phi) is 24.4. The van der Waals surface area contributed by atoms with Gasteiger partial charge in [0.05, 0.1) is 73.4 Å². The Bertz CT molecular complexity index is 2290. The van der Waals surface area contributed by atoms with Crippen LogP contribution in [0, 0.1) is 23.7 Å². The number of hydrogen-bond donors (Lipinski definition) is 17. The van der Waals surface area contributed by atoms with E-state index >= 15 is 0 Å². The van der Waals surface area contributed by atoms with E-state index in [2.05, 4.69) is 0 Å². The maximum atomic E-state index is 13.4. The molecule has 0 amide bonds. The van der Waals surface area contributed by atoms with E-state index in [1.165, 1.54) is 0 Å². The van der Waals surface area contributed by atoms with Crippen molar-refractivity contribution in [2.45, 2.75) is 274 Å². The highest BCUT2D eigenvalue weighted by molar-refractivity contribution is 5.90. The quantitative estimate of drug-likeness (QED) is 0.0306. The lowest BCUT2D eigenvalue weighted by Crippen LogP contribution is -2.63. The third-order valence-corrected chi connectivity index (χ3v) is 19.1. The molecule has 5 heterocycles.